The van der Waals surface area contributed by atoms with Crippen molar-refractivity contribution >= 4 is 75.9 Å². The SMILES string of the molecule is c1cnc2c(c1)cc(-c1ccc(-c3ccc4cc(-c5ccc6nc(-c7ccc8c9ccccc9c9ccccc9c8c7)ccc6c5)ccc4n3)cc1)c1cccnc12. The van der Waals surface area contributed by atoms with Crippen molar-refractivity contribution in [3.63, 3.8) is 0 Å². The van der Waals surface area contributed by atoms with E-state index in [1.54, 1.807) is 0 Å². The highest BCUT2D eigenvalue weighted by Gasteiger charge is 2.13. The number of hydrogen-bond acceptors (Lipinski definition) is 4. The van der Waals surface area contributed by atoms with Crippen molar-refractivity contribution in [3.8, 4) is 44.8 Å². The average Bonchev–Trinajstić information content (AvgIpc) is 3.30. The van der Waals surface area contributed by atoms with Gasteiger partial charge in [-0.3, -0.25) is 9.97 Å². The summed E-state index contributed by atoms with van der Waals surface area (Å²) < 4.78 is 0. The molecule has 0 unspecified atom stereocenters. The molecule has 0 amide bonds. The van der Waals surface area contributed by atoms with Gasteiger partial charge in [-0.25, -0.2) is 9.97 Å². The molecule has 12 aromatic rings. The van der Waals surface area contributed by atoms with E-state index in [4.69, 9.17) is 9.97 Å². The maximum Gasteiger partial charge on any atom is 0.0970 e. The summed E-state index contributed by atoms with van der Waals surface area (Å²) in [5.41, 5.74) is 12.5. The monoisotopic (exact) mass is 736 g/mol. The Bertz CT molecular complexity index is 3590. The molecule has 0 aliphatic carbocycles. The first kappa shape index (κ1) is 32.4. The maximum absolute atomic E-state index is 5.15. The van der Waals surface area contributed by atoms with Gasteiger partial charge >= 0.3 is 0 Å². The molecule has 268 valence electrons. The molecule has 0 atom stereocenters. The van der Waals surface area contributed by atoms with Crippen LogP contribution in [0, 0.1) is 0 Å². The predicted molar refractivity (Wildman–Crippen MR) is 242 cm³/mol. The minimum Gasteiger partial charge on any atom is -0.254 e. The van der Waals surface area contributed by atoms with E-state index in [1.807, 2.05) is 24.5 Å². The highest BCUT2D eigenvalue weighted by Crippen LogP contribution is 2.38. The van der Waals surface area contributed by atoms with Gasteiger partial charge in [-0.05, 0) is 115 Å². The quantitative estimate of drug-likeness (QED) is 0.169. The third kappa shape index (κ3) is 5.23. The van der Waals surface area contributed by atoms with E-state index in [2.05, 4.69) is 180 Å². The van der Waals surface area contributed by atoms with Crippen LogP contribution >= 0.6 is 0 Å². The van der Waals surface area contributed by atoms with Crippen molar-refractivity contribution in [2.24, 2.45) is 0 Å². The summed E-state index contributed by atoms with van der Waals surface area (Å²) in [6.07, 6.45) is 3.66. The highest BCUT2D eigenvalue weighted by molar-refractivity contribution is 6.25. The topological polar surface area (TPSA) is 51.6 Å². The Morgan fingerprint density at radius 1 is 0.276 bits per heavy atom. The van der Waals surface area contributed by atoms with Crippen molar-refractivity contribution in [1.29, 1.82) is 0 Å². The van der Waals surface area contributed by atoms with Crippen LogP contribution in [0.3, 0.4) is 0 Å². The lowest BCUT2D eigenvalue weighted by molar-refractivity contribution is 1.37. The highest BCUT2D eigenvalue weighted by atomic mass is 14.7. The molecule has 4 aromatic heterocycles. The van der Waals surface area contributed by atoms with Gasteiger partial charge in [-0.15, -0.1) is 0 Å². The molecule has 8 aromatic carbocycles. The normalized spacial score (nSPS) is 11.8. The van der Waals surface area contributed by atoms with Crippen molar-refractivity contribution in [2.75, 3.05) is 0 Å². The molecule has 0 N–H and O–H groups in total. The average molecular weight is 737 g/mol. The first-order valence-corrected chi connectivity index (χ1v) is 19.6. The molecule has 0 aliphatic rings. The Hall–Kier alpha value is -7.82. The minimum atomic E-state index is 0.921. The first-order valence-electron chi connectivity index (χ1n) is 19.6. The van der Waals surface area contributed by atoms with Gasteiger partial charge in [0.15, 0.2) is 0 Å². The van der Waals surface area contributed by atoms with Crippen LogP contribution in [0.25, 0.3) is 121 Å². The van der Waals surface area contributed by atoms with Gasteiger partial charge in [0.1, 0.15) is 0 Å². The number of aromatic nitrogens is 4. The number of benzene rings is 8. The largest absolute Gasteiger partial charge is 0.254 e. The number of pyridine rings is 4. The summed E-state index contributed by atoms with van der Waals surface area (Å²) in [5.74, 6) is 0. The molecule has 0 radical (unpaired) electrons. The molecule has 12 rings (SSSR count). The molecule has 0 bridgehead atoms. The Labute approximate surface area is 333 Å². The van der Waals surface area contributed by atoms with Gasteiger partial charge in [0.05, 0.1) is 33.5 Å². The first-order chi connectivity index (χ1) is 28.7. The summed E-state index contributed by atoms with van der Waals surface area (Å²) in [6.45, 7) is 0. The van der Waals surface area contributed by atoms with E-state index in [1.165, 1.54) is 32.3 Å². The fourth-order valence-electron chi connectivity index (χ4n) is 8.83. The second-order valence-corrected chi connectivity index (χ2v) is 15.0. The molecule has 0 saturated carbocycles. The summed E-state index contributed by atoms with van der Waals surface area (Å²) in [5, 5.41) is 12.0. The molecule has 0 spiro atoms. The molecule has 0 saturated heterocycles. The summed E-state index contributed by atoms with van der Waals surface area (Å²) in [6, 6.07) is 65.0. The molecule has 58 heavy (non-hydrogen) atoms. The van der Waals surface area contributed by atoms with Crippen LogP contribution in [0.2, 0.25) is 0 Å². The van der Waals surface area contributed by atoms with E-state index in [0.29, 0.717) is 0 Å². The standard InChI is InChI=1S/C54H32N4/c1-2-10-43-41(8-1)42-9-3-4-11-44(42)48-31-39(17-22-45(43)48)52-26-21-38-30-36(19-24-51(38)58-52)35-18-23-50-37(29-35)20-25-49(57-50)34-15-13-33(14-16-34)47-32-40-7-5-27-55-53(40)54-46(47)12-6-28-56-54/h1-32H. The molecule has 0 fully saturated rings. The van der Waals surface area contributed by atoms with Crippen LogP contribution in [-0.2, 0) is 0 Å². The van der Waals surface area contributed by atoms with Crippen LogP contribution < -0.4 is 0 Å². The van der Waals surface area contributed by atoms with Gasteiger partial charge in [0.2, 0.25) is 0 Å². The van der Waals surface area contributed by atoms with Crippen LogP contribution in [0.15, 0.2) is 194 Å². The zero-order valence-corrected chi connectivity index (χ0v) is 31.3. The van der Waals surface area contributed by atoms with Crippen LogP contribution in [0.5, 0.6) is 0 Å². The second kappa shape index (κ2) is 12.9. The lowest BCUT2D eigenvalue weighted by atomic mass is 9.93. The van der Waals surface area contributed by atoms with E-state index in [9.17, 15) is 0 Å². The number of rotatable bonds is 4. The fraction of sp³-hybridized carbons (Fsp3) is 0. The van der Waals surface area contributed by atoms with E-state index >= 15 is 0 Å². The van der Waals surface area contributed by atoms with Gasteiger partial charge < -0.3 is 0 Å². The van der Waals surface area contributed by atoms with Crippen LogP contribution in [-0.4, -0.2) is 19.9 Å². The zero-order chi connectivity index (χ0) is 38.2. The third-order valence-corrected chi connectivity index (χ3v) is 11.7. The lowest BCUT2D eigenvalue weighted by Crippen LogP contribution is -1.90. The number of nitrogens with zero attached hydrogens (tertiary/aromatic N) is 4. The Balaban J connectivity index is 0.838. The Kier molecular flexibility index (Phi) is 7.20. The molecule has 4 heteroatoms. The fourth-order valence-corrected chi connectivity index (χ4v) is 8.83. The zero-order valence-electron chi connectivity index (χ0n) is 31.3. The Morgan fingerprint density at radius 3 is 1.43 bits per heavy atom. The summed E-state index contributed by atoms with van der Waals surface area (Å²) in [4.78, 5) is 19.5. The van der Waals surface area contributed by atoms with E-state index < -0.39 is 0 Å². The van der Waals surface area contributed by atoms with Gasteiger partial charge in [0.25, 0.3) is 0 Å². The summed E-state index contributed by atoms with van der Waals surface area (Å²) >= 11 is 0. The molecule has 4 nitrogen and oxygen atoms in total. The van der Waals surface area contributed by atoms with Gasteiger partial charge in [-0.1, -0.05) is 121 Å². The van der Waals surface area contributed by atoms with Crippen molar-refractivity contribution in [1.82, 2.24) is 19.9 Å². The van der Waals surface area contributed by atoms with Crippen molar-refractivity contribution in [2.45, 2.75) is 0 Å². The smallest absolute Gasteiger partial charge is 0.0970 e. The van der Waals surface area contributed by atoms with Gasteiger partial charge in [0, 0.05) is 45.1 Å². The molecular weight excluding hydrogens is 705 g/mol. The van der Waals surface area contributed by atoms with Crippen LogP contribution in [0.4, 0.5) is 0 Å². The molecule has 0 aliphatic heterocycles. The van der Waals surface area contributed by atoms with Crippen LogP contribution in [0.1, 0.15) is 0 Å². The van der Waals surface area contributed by atoms with E-state index in [-0.39, 0.29) is 0 Å². The maximum atomic E-state index is 5.15. The Morgan fingerprint density at radius 2 is 0.776 bits per heavy atom. The third-order valence-electron chi connectivity index (χ3n) is 11.7. The van der Waals surface area contributed by atoms with Crippen molar-refractivity contribution < 1.29 is 0 Å². The predicted octanol–water partition coefficient (Wildman–Crippen LogP) is 14.0. The lowest BCUT2D eigenvalue weighted by Gasteiger charge is -2.12. The van der Waals surface area contributed by atoms with Crippen molar-refractivity contribution in [3.05, 3.63) is 194 Å². The number of fused-ring (bicyclic) bond motifs is 11. The second-order valence-electron chi connectivity index (χ2n) is 15.0. The molecular formula is C54H32N4. The minimum absolute atomic E-state index is 0.921. The van der Waals surface area contributed by atoms with Gasteiger partial charge in [-0.2, -0.15) is 0 Å². The number of hydrogen-bond donors (Lipinski definition) is 0. The van der Waals surface area contributed by atoms with E-state index in [0.717, 1.165) is 88.4 Å². The molecule has 4 heterocycles. The summed E-state index contributed by atoms with van der Waals surface area (Å²) in [7, 11) is 0.